The summed E-state index contributed by atoms with van der Waals surface area (Å²) in [4.78, 5) is 37.6. The van der Waals surface area contributed by atoms with Gasteiger partial charge in [0.25, 0.3) is 0 Å². The van der Waals surface area contributed by atoms with E-state index >= 15 is 0 Å². The van der Waals surface area contributed by atoms with Crippen LogP contribution in [0.4, 0.5) is 0 Å². The van der Waals surface area contributed by atoms with E-state index < -0.39 is 27.4 Å². The van der Waals surface area contributed by atoms with Gasteiger partial charge < -0.3 is 14.2 Å². The first-order valence-corrected chi connectivity index (χ1v) is 24.6. The molecule has 0 N–H and O–H groups in total. The topological polar surface area (TPSA) is 78.9 Å². The molecule has 0 unspecified atom stereocenters. The monoisotopic (exact) mass is 889 g/mol. The molecular weight excluding hydrogens is 817 g/mol. The maximum Gasteiger partial charge on any atom is 0.312 e. The SMILES string of the molecule is CCC(C)(C)C(=O)OC1(c2ccc3ccccc3c2)CC1.CCC(C)(C)C(=O)OC1(c2ccc3ccccc3c2)CCC1.CCC(C)(C)C(=O)OC1(c2ccc3ccccc3c2)CCCC1. The molecular formula is C60H72O6. The van der Waals surface area contributed by atoms with Gasteiger partial charge in [-0.3, -0.25) is 14.4 Å². The lowest BCUT2D eigenvalue weighted by atomic mass is 9.74. The second-order valence-corrected chi connectivity index (χ2v) is 21.1. The number of esters is 3. The number of fused-ring (bicyclic) bond motifs is 3. The summed E-state index contributed by atoms with van der Waals surface area (Å²) in [5, 5.41) is 7.29. The Morgan fingerprint density at radius 1 is 0.379 bits per heavy atom. The van der Waals surface area contributed by atoms with E-state index in [0.29, 0.717) is 0 Å². The summed E-state index contributed by atoms with van der Waals surface area (Å²) in [5.74, 6) is -0.242. The molecule has 3 aliphatic rings. The molecule has 6 nitrogen and oxygen atoms in total. The highest BCUT2D eigenvalue weighted by atomic mass is 16.6. The Kier molecular flexibility index (Phi) is 14.2. The van der Waals surface area contributed by atoms with Gasteiger partial charge in [0.2, 0.25) is 0 Å². The Morgan fingerprint density at radius 3 is 0.879 bits per heavy atom. The van der Waals surface area contributed by atoms with Crippen molar-refractivity contribution in [2.75, 3.05) is 0 Å². The van der Waals surface area contributed by atoms with Crippen molar-refractivity contribution < 1.29 is 28.6 Å². The van der Waals surface area contributed by atoms with E-state index in [2.05, 4.69) is 103 Å². The molecule has 66 heavy (non-hydrogen) atoms. The van der Waals surface area contributed by atoms with Gasteiger partial charge in [0.05, 0.1) is 16.2 Å². The highest BCUT2D eigenvalue weighted by Crippen LogP contribution is 2.51. The number of benzene rings is 6. The first-order valence-electron chi connectivity index (χ1n) is 24.6. The summed E-state index contributed by atoms with van der Waals surface area (Å²) >= 11 is 0. The average Bonchev–Trinajstić information content (AvgIpc) is 3.95. The molecule has 3 fully saturated rings. The lowest BCUT2D eigenvalue weighted by molar-refractivity contribution is -0.182. The van der Waals surface area contributed by atoms with Crippen molar-refractivity contribution in [3.05, 3.63) is 144 Å². The van der Waals surface area contributed by atoms with E-state index in [1.807, 2.05) is 86.6 Å². The smallest absolute Gasteiger partial charge is 0.312 e. The van der Waals surface area contributed by atoms with Gasteiger partial charge in [-0.15, -0.1) is 0 Å². The van der Waals surface area contributed by atoms with Crippen LogP contribution in [0.5, 0.6) is 0 Å². The third-order valence-electron chi connectivity index (χ3n) is 15.3. The number of hydrogen-bond donors (Lipinski definition) is 0. The Balaban J connectivity index is 0.000000147. The molecule has 0 spiro atoms. The number of carbonyl (C=O) groups excluding carboxylic acids is 3. The lowest BCUT2D eigenvalue weighted by Crippen LogP contribution is -2.42. The molecule has 0 amide bonds. The molecule has 0 aromatic heterocycles. The van der Waals surface area contributed by atoms with Gasteiger partial charge in [-0.2, -0.15) is 0 Å². The Labute approximate surface area is 393 Å². The summed E-state index contributed by atoms with van der Waals surface area (Å²) in [6, 6.07) is 44.2. The molecule has 0 bridgehead atoms. The second-order valence-electron chi connectivity index (χ2n) is 21.1. The third kappa shape index (κ3) is 10.4. The van der Waals surface area contributed by atoms with Crippen molar-refractivity contribution >= 4 is 50.2 Å². The van der Waals surface area contributed by atoms with E-state index in [4.69, 9.17) is 14.2 Å². The van der Waals surface area contributed by atoms with Gasteiger partial charge in [-0.1, -0.05) is 130 Å². The van der Waals surface area contributed by atoms with Crippen LogP contribution in [-0.4, -0.2) is 17.9 Å². The fourth-order valence-electron chi connectivity index (χ4n) is 8.70. The number of ether oxygens (including phenoxy) is 3. The van der Waals surface area contributed by atoms with E-state index in [0.717, 1.165) is 93.7 Å². The predicted octanol–water partition coefficient (Wildman–Crippen LogP) is 15.6. The largest absolute Gasteiger partial charge is 0.454 e. The zero-order valence-corrected chi connectivity index (χ0v) is 41.1. The van der Waals surface area contributed by atoms with Crippen LogP contribution in [0.25, 0.3) is 32.3 Å². The maximum absolute atomic E-state index is 12.7. The van der Waals surface area contributed by atoms with Crippen LogP contribution in [0, 0.1) is 16.2 Å². The fraction of sp³-hybridized carbons (Fsp3) is 0.450. The van der Waals surface area contributed by atoms with E-state index in [1.165, 1.54) is 32.3 Å². The average molecular weight is 889 g/mol. The Morgan fingerprint density at radius 2 is 0.636 bits per heavy atom. The number of rotatable bonds is 12. The molecule has 3 aliphatic carbocycles. The first-order chi connectivity index (χ1) is 31.4. The molecule has 6 heteroatoms. The Hall–Kier alpha value is -5.49. The van der Waals surface area contributed by atoms with Gasteiger partial charge in [-0.25, -0.2) is 0 Å². The lowest BCUT2D eigenvalue weighted by Gasteiger charge is -2.43. The van der Waals surface area contributed by atoms with E-state index in [-0.39, 0.29) is 23.5 Å². The van der Waals surface area contributed by atoms with Crippen molar-refractivity contribution in [2.24, 2.45) is 16.2 Å². The Bertz CT molecular complexity index is 2670. The van der Waals surface area contributed by atoms with Crippen molar-refractivity contribution in [3.63, 3.8) is 0 Å². The van der Waals surface area contributed by atoms with Gasteiger partial charge in [-0.05, 0) is 186 Å². The third-order valence-corrected chi connectivity index (χ3v) is 15.3. The number of hydrogen-bond acceptors (Lipinski definition) is 6. The van der Waals surface area contributed by atoms with Gasteiger partial charge in [0, 0.05) is 0 Å². The van der Waals surface area contributed by atoms with Crippen LogP contribution >= 0.6 is 0 Å². The standard InChI is InChI=1S/C21H26O2.C20H24O2.C19H22O2/c1-4-20(2,3)19(22)23-21(13-7-8-14-21)18-12-11-16-9-5-6-10-17(16)15-18;1-4-19(2,3)18(21)22-20(12-7-13-20)17-11-10-15-8-5-6-9-16(15)14-17;1-4-18(2,3)17(20)21-19(11-12-19)16-10-9-14-7-5-6-8-15(14)13-16/h5-6,9-12,15H,4,7-8,13-14H2,1-3H3;5-6,8-11,14H,4,7,12-13H2,1-3H3;5-10,13H,4,11-12H2,1-3H3. The molecule has 0 atom stereocenters. The normalized spacial score (nSPS) is 17.0. The van der Waals surface area contributed by atoms with Gasteiger partial charge in [0.15, 0.2) is 0 Å². The molecule has 0 aliphatic heterocycles. The van der Waals surface area contributed by atoms with Gasteiger partial charge in [0.1, 0.15) is 16.8 Å². The fourth-order valence-corrected chi connectivity index (χ4v) is 8.70. The van der Waals surface area contributed by atoms with Crippen LogP contribution in [-0.2, 0) is 45.4 Å². The van der Waals surface area contributed by atoms with Crippen LogP contribution < -0.4 is 0 Å². The zero-order chi connectivity index (χ0) is 47.4. The molecule has 3 saturated carbocycles. The van der Waals surface area contributed by atoms with Crippen LogP contribution in [0.3, 0.4) is 0 Å². The zero-order valence-electron chi connectivity index (χ0n) is 41.1. The summed E-state index contributed by atoms with van der Waals surface area (Å²) in [6.07, 6.45) is 11.3. The maximum atomic E-state index is 12.7. The summed E-state index contributed by atoms with van der Waals surface area (Å²) < 4.78 is 18.1. The molecule has 0 heterocycles. The first kappa shape index (κ1) is 48.4. The van der Waals surface area contributed by atoms with Crippen LogP contribution in [0.2, 0.25) is 0 Å². The molecule has 348 valence electrons. The van der Waals surface area contributed by atoms with E-state index in [1.54, 1.807) is 0 Å². The van der Waals surface area contributed by atoms with Gasteiger partial charge >= 0.3 is 17.9 Å². The predicted molar refractivity (Wildman–Crippen MR) is 269 cm³/mol. The quantitative estimate of drug-likeness (QED) is 0.0900. The minimum absolute atomic E-state index is 0.0740. The van der Waals surface area contributed by atoms with Crippen molar-refractivity contribution in [1.82, 2.24) is 0 Å². The summed E-state index contributed by atoms with van der Waals surface area (Å²) in [5.41, 5.74) is 0.931. The minimum atomic E-state index is -0.437. The molecule has 0 radical (unpaired) electrons. The highest BCUT2D eigenvalue weighted by molar-refractivity contribution is 5.86. The molecule has 6 aromatic rings. The molecule has 6 aromatic carbocycles. The van der Waals surface area contributed by atoms with Crippen molar-refractivity contribution in [2.45, 2.75) is 156 Å². The van der Waals surface area contributed by atoms with Crippen molar-refractivity contribution in [1.29, 1.82) is 0 Å². The second kappa shape index (κ2) is 19.4. The summed E-state index contributed by atoms with van der Waals surface area (Å²) in [6.45, 7) is 17.9. The van der Waals surface area contributed by atoms with Crippen LogP contribution in [0.1, 0.15) is 156 Å². The summed E-state index contributed by atoms with van der Waals surface area (Å²) in [7, 11) is 0. The van der Waals surface area contributed by atoms with E-state index in [9.17, 15) is 14.4 Å². The molecule has 9 rings (SSSR count). The van der Waals surface area contributed by atoms with Crippen LogP contribution in [0.15, 0.2) is 127 Å². The highest BCUT2D eigenvalue weighted by Gasteiger charge is 2.50. The van der Waals surface area contributed by atoms with Crippen molar-refractivity contribution in [3.8, 4) is 0 Å². The number of carbonyl (C=O) groups is 3. The molecule has 0 saturated heterocycles. The minimum Gasteiger partial charge on any atom is -0.454 e.